The van der Waals surface area contributed by atoms with Crippen molar-refractivity contribution in [3.05, 3.63) is 48.6 Å². The molecule has 1 saturated carbocycles. The van der Waals surface area contributed by atoms with Gasteiger partial charge in [-0.2, -0.15) is 9.97 Å². The number of rotatable bonds is 7. The number of hydrogen-bond donors (Lipinski definition) is 1. The van der Waals surface area contributed by atoms with Gasteiger partial charge < -0.3 is 9.26 Å². The van der Waals surface area contributed by atoms with Crippen LogP contribution < -0.4 is 9.68 Å². The fraction of sp³-hybridized carbons (Fsp3) is 0.409. The van der Waals surface area contributed by atoms with Crippen molar-refractivity contribution in [1.82, 2.24) is 34.6 Å². The maximum atomic E-state index is 12.5. The number of ether oxygens (including phenoxy) is 1. The quantitative estimate of drug-likeness (QED) is 0.376. The van der Waals surface area contributed by atoms with Gasteiger partial charge in [0, 0.05) is 17.5 Å². The maximum absolute atomic E-state index is 12.5. The van der Waals surface area contributed by atoms with Crippen molar-refractivity contribution in [2.75, 3.05) is 0 Å². The Kier molecular flexibility index (Phi) is 6.19. The second-order valence-corrected chi connectivity index (χ2v) is 10.4. The fourth-order valence-electron chi connectivity index (χ4n) is 4.15. The molecule has 1 fully saturated rings. The van der Waals surface area contributed by atoms with Gasteiger partial charge in [0.1, 0.15) is 18.8 Å². The predicted octanol–water partition coefficient (Wildman–Crippen LogP) is 3.59. The normalized spacial score (nSPS) is 18.9. The topological polar surface area (TPSA) is 138 Å². The molecule has 0 bridgehead atoms. The highest BCUT2D eigenvalue weighted by atomic mass is 32.2. The van der Waals surface area contributed by atoms with Gasteiger partial charge >= 0.3 is 0 Å². The van der Waals surface area contributed by atoms with E-state index in [-0.39, 0.29) is 22.8 Å². The summed E-state index contributed by atoms with van der Waals surface area (Å²) in [6, 6.07) is 5.68. The van der Waals surface area contributed by atoms with Gasteiger partial charge in [0.25, 0.3) is 10.0 Å². The summed E-state index contributed by atoms with van der Waals surface area (Å²) in [5, 5.41) is 4.07. The summed E-state index contributed by atoms with van der Waals surface area (Å²) < 4.78 is 49.1. The fourth-order valence-corrected chi connectivity index (χ4v) is 4.74. The lowest BCUT2D eigenvalue weighted by Gasteiger charge is -2.26. The molecule has 3 aromatic heterocycles. The molecule has 1 N–H and O–H groups in total. The Morgan fingerprint density at radius 2 is 1.86 bits per heavy atom. The molecule has 0 saturated heterocycles. The van der Waals surface area contributed by atoms with E-state index in [0.717, 1.165) is 36.5 Å². The number of benzene rings is 1. The molecule has 184 valence electrons. The average molecular weight is 502 g/mol. The van der Waals surface area contributed by atoms with Crippen molar-refractivity contribution in [2.24, 2.45) is 0 Å². The van der Waals surface area contributed by atoms with Crippen LogP contribution in [0.25, 0.3) is 16.9 Å². The minimum absolute atomic E-state index is 0.0281. The highest BCUT2D eigenvalue weighted by molar-refractivity contribution is 7.89. The summed E-state index contributed by atoms with van der Waals surface area (Å²) >= 11 is 0. The molecular formula is C22H24FN7O4S. The smallest absolute Gasteiger partial charge is 0.266 e. The van der Waals surface area contributed by atoms with Crippen molar-refractivity contribution in [1.29, 1.82) is 0 Å². The Labute approximate surface area is 200 Å². The molecule has 0 spiro atoms. The van der Waals surface area contributed by atoms with Gasteiger partial charge in [-0.25, -0.2) is 18.4 Å². The monoisotopic (exact) mass is 501 g/mol. The highest BCUT2D eigenvalue weighted by Gasteiger charge is 2.29. The van der Waals surface area contributed by atoms with Crippen LogP contribution in [-0.2, 0) is 10.0 Å². The van der Waals surface area contributed by atoms with Crippen LogP contribution in [0, 0.1) is 0 Å². The summed E-state index contributed by atoms with van der Waals surface area (Å²) in [6.07, 6.45) is 6.30. The van der Waals surface area contributed by atoms with E-state index < -0.39 is 10.0 Å². The summed E-state index contributed by atoms with van der Waals surface area (Å²) in [4.78, 5) is 18.2. The molecule has 1 aromatic carbocycles. The Balaban J connectivity index is 1.30. The van der Waals surface area contributed by atoms with Crippen molar-refractivity contribution in [3.63, 3.8) is 0 Å². The summed E-state index contributed by atoms with van der Waals surface area (Å²) in [5.41, 5.74) is 1.61. The van der Waals surface area contributed by atoms with E-state index in [1.165, 1.54) is 30.6 Å². The first kappa shape index (κ1) is 23.3. The van der Waals surface area contributed by atoms with E-state index in [9.17, 15) is 12.9 Å². The van der Waals surface area contributed by atoms with Crippen LogP contribution in [0.15, 0.2) is 46.3 Å². The molecule has 5 rings (SSSR count). The van der Waals surface area contributed by atoms with Crippen LogP contribution in [0.4, 0.5) is 4.48 Å². The standard InChI is InChI=1S/C22H24FN7O4S/c1-13(2)19-27-21(34-28-19)14-3-7-16(8-4-14)33-22-18-20(24-11-25-22)30(12-26-18)15-5-9-17(10-6-15)35(31,32)29-23/h5-6,9-14,16,29H,3-4,7-8H2,1-2H3. The number of sulfonamides is 1. The van der Waals surface area contributed by atoms with Crippen molar-refractivity contribution in [2.45, 2.75) is 62.4 Å². The van der Waals surface area contributed by atoms with Gasteiger partial charge in [-0.15, -0.1) is 4.48 Å². The van der Waals surface area contributed by atoms with Crippen molar-refractivity contribution >= 4 is 21.2 Å². The zero-order valence-corrected chi connectivity index (χ0v) is 19.9. The molecule has 0 amide bonds. The molecular weight excluding hydrogens is 477 g/mol. The molecule has 0 aliphatic heterocycles. The number of nitrogens with zero attached hydrogens (tertiary/aromatic N) is 6. The number of halogens is 1. The van der Waals surface area contributed by atoms with Crippen LogP contribution in [0.1, 0.15) is 63.1 Å². The van der Waals surface area contributed by atoms with E-state index in [4.69, 9.17) is 9.26 Å². The lowest BCUT2D eigenvalue weighted by molar-refractivity contribution is 0.135. The molecule has 1 aliphatic rings. The Hall–Kier alpha value is -3.45. The SMILES string of the molecule is CC(C)c1noc(C2CCC(Oc3ncnc4c3ncn4-c3ccc(S(=O)(=O)NF)cc3)CC2)n1. The molecule has 35 heavy (non-hydrogen) atoms. The molecule has 3 heterocycles. The van der Waals surface area contributed by atoms with Crippen molar-refractivity contribution < 1.29 is 22.2 Å². The lowest BCUT2D eigenvalue weighted by Crippen LogP contribution is -2.24. The highest BCUT2D eigenvalue weighted by Crippen LogP contribution is 2.35. The van der Waals surface area contributed by atoms with Gasteiger partial charge in [0.15, 0.2) is 17.0 Å². The van der Waals surface area contributed by atoms with Crippen LogP contribution in [0.5, 0.6) is 5.88 Å². The molecule has 0 radical (unpaired) electrons. The van der Waals surface area contributed by atoms with Crippen LogP contribution in [0.3, 0.4) is 0 Å². The number of hydrogen-bond acceptors (Lipinski definition) is 9. The molecule has 4 aromatic rings. The summed E-state index contributed by atoms with van der Waals surface area (Å²) in [5.74, 6) is 2.26. The lowest BCUT2D eigenvalue weighted by atomic mass is 9.87. The van der Waals surface area contributed by atoms with Gasteiger partial charge in [-0.05, 0) is 54.9 Å². The van der Waals surface area contributed by atoms with Gasteiger partial charge in [-0.1, -0.05) is 19.0 Å². The van der Waals surface area contributed by atoms with E-state index in [1.807, 2.05) is 13.8 Å². The summed E-state index contributed by atoms with van der Waals surface area (Å²) in [6.45, 7) is 4.07. The molecule has 11 nitrogen and oxygen atoms in total. The number of aromatic nitrogens is 6. The third-order valence-electron chi connectivity index (χ3n) is 6.10. The number of nitrogens with one attached hydrogen (secondary N) is 1. The first-order valence-electron chi connectivity index (χ1n) is 11.3. The zero-order chi connectivity index (χ0) is 24.6. The van der Waals surface area contributed by atoms with E-state index >= 15 is 0 Å². The second-order valence-electron chi connectivity index (χ2n) is 8.78. The van der Waals surface area contributed by atoms with Crippen LogP contribution in [0.2, 0.25) is 0 Å². The Bertz CT molecular complexity index is 1430. The number of fused-ring (bicyclic) bond motifs is 1. The van der Waals surface area contributed by atoms with Crippen LogP contribution in [-0.4, -0.2) is 44.2 Å². The average Bonchev–Trinajstić information content (AvgIpc) is 3.53. The van der Waals surface area contributed by atoms with Crippen molar-refractivity contribution in [3.8, 4) is 11.6 Å². The van der Waals surface area contributed by atoms with Crippen LogP contribution >= 0.6 is 0 Å². The minimum atomic E-state index is -4.17. The van der Waals surface area contributed by atoms with E-state index in [1.54, 1.807) is 10.9 Å². The molecule has 0 atom stereocenters. The van der Waals surface area contributed by atoms with E-state index in [2.05, 4.69) is 25.1 Å². The maximum Gasteiger partial charge on any atom is 0.266 e. The second kappa shape index (κ2) is 9.30. The van der Waals surface area contributed by atoms with E-state index in [0.29, 0.717) is 28.6 Å². The van der Waals surface area contributed by atoms with Gasteiger partial charge in [0.2, 0.25) is 11.8 Å². The largest absolute Gasteiger partial charge is 0.473 e. The third kappa shape index (κ3) is 4.60. The Morgan fingerprint density at radius 3 is 2.51 bits per heavy atom. The molecule has 1 aliphatic carbocycles. The van der Waals surface area contributed by atoms with Gasteiger partial charge in [-0.3, -0.25) is 4.57 Å². The minimum Gasteiger partial charge on any atom is -0.473 e. The first-order chi connectivity index (χ1) is 16.9. The first-order valence-corrected chi connectivity index (χ1v) is 12.7. The molecule has 0 unspecified atom stereocenters. The third-order valence-corrected chi connectivity index (χ3v) is 7.20. The number of imidazole rings is 1. The molecule has 13 heteroatoms. The van der Waals surface area contributed by atoms with Gasteiger partial charge in [0.05, 0.1) is 4.90 Å². The zero-order valence-electron chi connectivity index (χ0n) is 19.1. The predicted molar refractivity (Wildman–Crippen MR) is 122 cm³/mol. The Morgan fingerprint density at radius 1 is 1.11 bits per heavy atom. The summed E-state index contributed by atoms with van der Waals surface area (Å²) in [7, 11) is -4.17.